The standard InChI is InChI=1S/C28H28FN3O3/c1-18(2)17-31(27(33)20-11-5-7-13-22(20)29)19(3)26-30-23-14-8-6-12-21(23)28(34)32(26)24-15-9-10-16-25(24)35-4/h5-16,18-19H,17H2,1-4H3. The van der Waals surface area contributed by atoms with Crippen LogP contribution in [0.1, 0.15) is 43.0 Å². The van der Waals surface area contributed by atoms with Gasteiger partial charge in [-0.3, -0.25) is 14.2 Å². The van der Waals surface area contributed by atoms with Crippen LogP contribution in [0.2, 0.25) is 0 Å². The quantitative estimate of drug-likeness (QED) is 0.361. The van der Waals surface area contributed by atoms with Crippen molar-refractivity contribution in [2.24, 2.45) is 5.92 Å². The molecule has 0 bridgehead atoms. The maximum Gasteiger partial charge on any atom is 0.266 e. The van der Waals surface area contributed by atoms with Crippen LogP contribution in [0.25, 0.3) is 16.6 Å². The second-order valence-electron chi connectivity index (χ2n) is 8.81. The van der Waals surface area contributed by atoms with E-state index in [0.29, 0.717) is 34.7 Å². The predicted octanol–water partition coefficient (Wildman–Crippen LogP) is 5.39. The number of methoxy groups -OCH3 is 1. The molecule has 1 aromatic heterocycles. The van der Waals surface area contributed by atoms with Crippen molar-refractivity contribution in [1.29, 1.82) is 0 Å². The molecule has 6 nitrogen and oxygen atoms in total. The highest BCUT2D eigenvalue weighted by molar-refractivity contribution is 5.94. The largest absolute Gasteiger partial charge is 0.495 e. The average molecular weight is 474 g/mol. The van der Waals surface area contributed by atoms with Crippen LogP contribution in [0.3, 0.4) is 0 Å². The van der Waals surface area contributed by atoms with E-state index in [1.807, 2.05) is 39.0 Å². The first kappa shape index (κ1) is 24.1. The van der Waals surface area contributed by atoms with Crippen molar-refractivity contribution in [3.8, 4) is 11.4 Å². The van der Waals surface area contributed by atoms with Gasteiger partial charge in [-0.25, -0.2) is 9.37 Å². The molecule has 180 valence electrons. The van der Waals surface area contributed by atoms with Gasteiger partial charge in [0.15, 0.2) is 0 Å². The summed E-state index contributed by atoms with van der Waals surface area (Å²) in [5.74, 6) is -0.0927. The maximum atomic E-state index is 14.6. The molecule has 0 fully saturated rings. The number of hydrogen-bond donors (Lipinski definition) is 0. The monoisotopic (exact) mass is 473 g/mol. The first-order valence-electron chi connectivity index (χ1n) is 11.5. The molecule has 0 radical (unpaired) electrons. The number of nitrogens with zero attached hydrogens (tertiary/aromatic N) is 3. The zero-order valence-electron chi connectivity index (χ0n) is 20.2. The number of rotatable bonds is 7. The normalized spacial score (nSPS) is 12.1. The van der Waals surface area contributed by atoms with E-state index in [-0.39, 0.29) is 17.0 Å². The summed E-state index contributed by atoms with van der Waals surface area (Å²) in [6.07, 6.45) is 0. The molecule has 0 aliphatic rings. The van der Waals surface area contributed by atoms with Gasteiger partial charge in [0.25, 0.3) is 11.5 Å². The molecule has 0 saturated carbocycles. The third kappa shape index (κ3) is 4.67. The average Bonchev–Trinajstić information content (AvgIpc) is 2.86. The number of ether oxygens (including phenoxy) is 1. The molecule has 35 heavy (non-hydrogen) atoms. The molecule has 0 spiro atoms. The minimum Gasteiger partial charge on any atom is -0.495 e. The molecule has 3 aromatic carbocycles. The van der Waals surface area contributed by atoms with E-state index in [1.54, 1.807) is 47.4 Å². The molecule has 7 heteroatoms. The van der Waals surface area contributed by atoms with Gasteiger partial charge in [0, 0.05) is 6.54 Å². The molecule has 4 rings (SSSR count). The number of para-hydroxylation sites is 3. The number of carbonyl (C=O) groups is 1. The highest BCUT2D eigenvalue weighted by Gasteiger charge is 2.30. The first-order chi connectivity index (χ1) is 16.8. The Morgan fingerprint density at radius 3 is 2.37 bits per heavy atom. The molecule has 1 amide bonds. The number of carbonyl (C=O) groups excluding carboxylic acids is 1. The van der Waals surface area contributed by atoms with Crippen LogP contribution < -0.4 is 10.3 Å². The van der Waals surface area contributed by atoms with Gasteiger partial charge in [-0.1, -0.05) is 50.2 Å². The highest BCUT2D eigenvalue weighted by atomic mass is 19.1. The fourth-order valence-corrected chi connectivity index (χ4v) is 4.22. The van der Waals surface area contributed by atoms with Crippen molar-refractivity contribution < 1.29 is 13.9 Å². The molecule has 1 heterocycles. The van der Waals surface area contributed by atoms with E-state index in [1.165, 1.54) is 23.8 Å². The summed E-state index contributed by atoms with van der Waals surface area (Å²) in [5, 5.41) is 0.449. The summed E-state index contributed by atoms with van der Waals surface area (Å²) in [6, 6.07) is 19.5. The first-order valence-corrected chi connectivity index (χ1v) is 11.5. The topological polar surface area (TPSA) is 64.4 Å². The third-order valence-corrected chi connectivity index (χ3v) is 5.90. The van der Waals surface area contributed by atoms with E-state index in [4.69, 9.17) is 9.72 Å². The van der Waals surface area contributed by atoms with Crippen LogP contribution in [0.5, 0.6) is 5.75 Å². The predicted molar refractivity (Wildman–Crippen MR) is 135 cm³/mol. The smallest absolute Gasteiger partial charge is 0.266 e. The molecule has 0 aliphatic heterocycles. The Labute approximate surface area is 203 Å². The molecule has 0 N–H and O–H groups in total. The van der Waals surface area contributed by atoms with Gasteiger partial charge >= 0.3 is 0 Å². The minimum absolute atomic E-state index is 0.0213. The van der Waals surface area contributed by atoms with Crippen LogP contribution in [0.15, 0.2) is 77.6 Å². The van der Waals surface area contributed by atoms with Gasteiger partial charge in [-0.2, -0.15) is 0 Å². The number of hydrogen-bond acceptors (Lipinski definition) is 4. The van der Waals surface area contributed by atoms with E-state index in [9.17, 15) is 14.0 Å². The van der Waals surface area contributed by atoms with Crippen molar-refractivity contribution in [2.45, 2.75) is 26.8 Å². The van der Waals surface area contributed by atoms with Crippen LogP contribution >= 0.6 is 0 Å². The molecule has 0 saturated heterocycles. The lowest BCUT2D eigenvalue weighted by Gasteiger charge is -2.32. The van der Waals surface area contributed by atoms with Crippen LogP contribution in [0, 0.1) is 11.7 Å². The second-order valence-corrected chi connectivity index (χ2v) is 8.81. The van der Waals surface area contributed by atoms with Gasteiger partial charge in [0.1, 0.15) is 17.4 Å². The lowest BCUT2D eigenvalue weighted by Crippen LogP contribution is -2.40. The fraction of sp³-hybridized carbons (Fsp3) is 0.250. The van der Waals surface area contributed by atoms with Crippen LogP contribution in [-0.2, 0) is 0 Å². The molecular weight excluding hydrogens is 445 g/mol. The van der Waals surface area contributed by atoms with Crippen molar-refractivity contribution in [3.63, 3.8) is 0 Å². The molecular formula is C28H28FN3O3. The Kier molecular flexibility index (Phi) is 6.96. The summed E-state index contributed by atoms with van der Waals surface area (Å²) in [4.78, 5) is 33.8. The Balaban J connectivity index is 1.96. The maximum absolute atomic E-state index is 14.6. The van der Waals surface area contributed by atoms with Gasteiger partial charge in [-0.15, -0.1) is 0 Å². The number of fused-ring (bicyclic) bond motifs is 1. The molecule has 1 atom stereocenters. The lowest BCUT2D eigenvalue weighted by molar-refractivity contribution is 0.0650. The Hall–Kier alpha value is -4.00. The summed E-state index contributed by atoms with van der Waals surface area (Å²) in [7, 11) is 1.54. The number of amides is 1. The van der Waals surface area contributed by atoms with Gasteiger partial charge in [-0.05, 0) is 49.2 Å². The van der Waals surface area contributed by atoms with E-state index >= 15 is 0 Å². The SMILES string of the molecule is COc1ccccc1-n1c(C(C)N(CC(C)C)C(=O)c2ccccc2F)nc2ccccc2c1=O. The number of aromatic nitrogens is 2. The number of halogens is 1. The molecule has 4 aromatic rings. The van der Waals surface area contributed by atoms with Gasteiger partial charge in [0.2, 0.25) is 0 Å². The van der Waals surface area contributed by atoms with Crippen molar-refractivity contribution in [2.75, 3.05) is 13.7 Å². The van der Waals surface area contributed by atoms with Crippen molar-refractivity contribution in [1.82, 2.24) is 14.5 Å². The Morgan fingerprint density at radius 1 is 1.00 bits per heavy atom. The van der Waals surface area contributed by atoms with E-state index in [0.717, 1.165) is 0 Å². The van der Waals surface area contributed by atoms with Gasteiger partial charge < -0.3 is 9.64 Å². The Morgan fingerprint density at radius 2 is 1.66 bits per heavy atom. The highest BCUT2D eigenvalue weighted by Crippen LogP contribution is 2.29. The van der Waals surface area contributed by atoms with Gasteiger partial charge in [0.05, 0.1) is 35.3 Å². The van der Waals surface area contributed by atoms with Crippen LogP contribution in [-0.4, -0.2) is 34.0 Å². The van der Waals surface area contributed by atoms with E-state index in [2.05, 4.69) is 0 Å². The van der Waals surface area contributed by atoms with E-state index < -0.39 is 17.8 Å². The zero-order valence-corrected chi connectivity index (χ0v) is 20.2. The zero-order chi connectivity index (χ0) is 25.1. The molecule has 0 aliphatic carbocycles. The second kappa shape index (κ2) is 10.1. The molecule has 1 unspecified atom stereocenters. The lowest BCUT2D eigenvalue weighted by atomic mass is 10.1. The summed E-state index contributed by atoms with van der Waals surface area (Å²) in [6.45, 7) is 6.12. The number of benzene rings is 3. The summed E-state index contributed by atoms with van der Waals surface area (Å²) in [5.41, 5.74) is 0.744. The van der Waals surface area contributed by atoms with Crippen molar-refractivity contribution in [3.05, 3.63) is 100 Å². The Bertz CT molecular complexity index is 1430. The summed E-state index contributed by atoms with van der Waals surface area (Å²) < 4.78 is 21.6. The van der Waals surface area contributed by atoms with Crippen molar-refractivity contribution >= 4 is 16.8 Å². The minimum atomic E-state index is -0.647. The summed E-state index contributed by atoms with van der Waals surface area (Å²) >= 11 is 0. The fourth-order valence-electron chi connectivity index (χ4n) is 4.22. The third-order valence-electron chi connectivity index (χ3n) is 5.90. The van der Waals surface area contributed by atoms with Crippen LogP contribution in [0.4, 0.5) is 4.39 Å².